The predicted molar refractivity (Wildman–Crippen MR) is 53.5 cm³/mol. The summed E-state index contributed by atoms with van der Waals surface area (Å²) in [6.45, 7) is 1.52. The SMILES string of the molecule is CC(F)(F)Cc1ccc(CCN)cc1. The first-order valence-electron chi connectivity index (χ1n) is 4.67. The Bertz CT molecular complexity index is 274. The van der Waals surface area contributed by atoms with Gasteiger partial charge in [-0.15, -0.1) is 0 Å². The lowest BCUT2D eigenvalue weighted by molar-refractivity contribution is 0.0226. The maximum Gasteiger partial charge on any atom is 0.249 e. The first-order valence-corrected chi connectivity index (χ1v) is 4.67. The highest BCUT2D eigenvalue weighted by atomic mass is 19.3. The maximum atomic E-state index is 12.6. The van der Waals surface area contributed by atoms with E-state index in [2.05, 4.69) is 0 Å². The van der Waals surface area contributed by atoms with Gasteiger partial charge in [0.05, 0.1) is 0 Å². The van der Waals surface area contributed by atoms with E-state index in [9.17, 15) is 8.78 Å². The Morgan fingerprint density at radius 2 is 1.64 bits per heavy atom. The number of alkyl halides is 2. The Labute approximate surface area is 82.9 Å². The van der Waals surface area contributed by atoms with Gasteiger partial charge >= 0.3 is 0 Å². The summed E-state index contributed by atoms with van der Waals surface area (Å²) in [5.41, 5.74) is 7.14. The molecule has 0 saturated heterocycles. The molecule has 78 valence electrons. The molecule has 0 amide bonds. The van der Waals surface area contributed by atoms with E-state index in [4.69, 9.17) is 5.73 Å². The van der Waals surface area contributed by atoms with E-state index in [1.165, 1.54) is 0 Å². The van der Waals surface area contributed by atoms with Crippen LogP contribution in [0.5, 0.6) is 0 Å². The molecule has 14 heavy (non-hydrogen) atoms. The molecule has 2 N–H and O–H groups in total. The van der Waals surface area contributed by atoms with Gasteiger partial charge in [-0.25, -0.2) is 8.78 Å². The van der Waals surface area contributed by atoms with Crippen molar-refractivity contribution in [3.05, 3.63) is 35.4 Å². The van der Waals surface area contributed by atoms with Gasteiger partial charge in [0.2, 0.25) is 5.92 Å². The highest BCUT2D eigenvalue weighted by molar-refractivity contribution is 5.23. The predicted octanol–water partition coefficient (Wildman–Crippen LogP) is 2.39. The molecule has 0 aliphatic heterocycles. The van der Waals surface area contributed by atoms with E-state index >= 15 is 0 Å². The van der Waals surface area contributed by atoms with Crippen molar-refractivity contribution in [2.24, 2.45) is 5.73 Å². The minimum atomic E-state index is -2.63. The van der Waals surface area contributed by atoms with Crippen LogP contribution >= 0.6 is 0 Å². The Kier molecular flexibility index (Phi) is 3.58. The van der Waals surface area contributed by atoms with Crippen molar-refractivity contribution in [3.63, 3.8) is 0 Å². The summed E-state index contributed by atoms with van der Waals surface area (Å²) in [7, 11) is 0. The van der Waals surface area contributed by atoms with Crippen molar-refractivity contribution < 1.29 is 8.78 Å². The lowest BCUT2D eigenvalue weighted by atomic mass is 10.0. The zero-order valence-electron chi connectivity index (χ0n) is 8.26. The second-order valence-corrected chi connectivity index (χ2v) is 3.60. The van der Waals surface area contributed by atoms with E-state index < -0.39 is 5.92 Å². The van der Waals surface area contributed by atoms with Gasteiger partial charge in [0.25, 0.3) is 0 Å². The molecule has 0 spiro atoms. The Balaban J connectivity index is 2.64. The Morgan fingerprint density at radius 3 is 2.07 bits per heavy atom. The second-order valence-electron chi connectivity index (χ2n) is 3.60. The number of hydrogen-bond donors (Lipinski definition) is 1. The molecule has 1 aromatic carbocycles. The molecule has 0 aromatic heterocycles. The summed E-state index contributed by atoms with van der Waals surface area (Å²) < 4.78 is 25.3. The third-order valence-corrected chi connectivity index (χ3v) is 1.97. The lowest BCUT2D eigenvalue weighted by Crippen LogP contribution is -2.13. The van der Waals surface area contributed by atoms with Crippen LogP contribution in [0.3, 0.4) is 0 Å². The van der Waals surface area contributed by atoms with Gasteiger partial charge in [0, 0.05) is 6.42 Å². The molecule has 0 fully saturated rings. The number of rotatable bonds is 4. The molecule has 0 aliphatic carbocycles. The number of benzene rings is 1. The van der Waals surface area contributed by atoms with E-state index in [0.29, 0.717) is 12.1 Å². The average molecular weight is 199 g/mol. The summed E-state index contributed by atoms with van der Waals surface area (Å²) >= 11 is 0. The summed E-state index contributed by atoms with van der Waals surface area (Å²) in [6, 6.07) is 7.19. The molecular formula is C11H15F2N. The summed E-state index contributed by atoms with van der Waals surface area (Å²) in [5.74, 6) is -2.63. The normalized spacial score (nSPS) is 11.7. The number of nitrogens with two attached hydrogens (primary N) is 1. The molecule has 0 heterocycles. The van der Waals surface area contributed by atoms with Crippen LogP contribution in [0.1, 0.15) is 18.1 Å². The first kappa shape index (κ1) is 11.1. The lowest BCUT2D eigenvalue weighted by Gasteiger charge is -2.10. The van der Waals surface area contributed by atoms with Crippen molar-refractivity contribution in [3.8, 4) is 0 Å². The van der Waals surface area contributed by atoms with Crippen LogP contribution in [0.25, 0.3) is 0 Å². The molecule has 0 aliphatic rings. The minimum absolute atomic E-state index is 0.199. The van der Waals surface area contributed by atoms with Crippen LogP contribution in [0.2, 0.25) is 0 Å². The van der Waals surface area contributed by atoms with Crippen LogP contribution in [-0.2, 0) is 12.8 Å². The highest BCUT2D eigenvalue weighted by Crippen LogP contribution is 2.19. The standard InChI is InChI=1S/C11H15F2N/c1-11(12,13)8-10-4-2-9(3-5-10)6-7-14/h2-5H,6-8,14H2,1H3. The van der Waals surface area contributed by atoms with Gasteiger partial charge in [-0.2, -0.15) is 0 Å². The molecule has 0 bridgehead atoms. The molecule has 3 heteroatoms. The number of halogens is 2. The third-order valence-electron chi connectivity index (χ3n) is 1.97. The molecular weight excluding hydrogens is 184 g/mol. The van der Waals surface area contributed by atoms with E-state index in [0.717, 1.165) is 18.9 Å². The van der Waals surface area contributed by atoms with Crippen molar-refractivity contribution in [1.82, 2.24) is 0 Å². The Hall–Kier alpha value is -0.960. The molecule has 1 nitrogen and oxygen atoms in total. The quantitative estimate of drug-likeness (QED) is 0.791. The summed E-state index contributed by atoms with van der Waals surface area (Å²) in [5, 5.41) is 0. The minimum Gasteiger partial charge on any atom is -0.330 e. The van der Waals surface area contributed by atoms with Gasteiger partial charge in [-0.05, 0) is 31.0 Å². The van der Waals surface area contributed by atoms with Crippen LogP contribution < -0.4 is 5.73 Å². The Morgan fingerprint density at radius 1 is 1.14 bits per heavy atom. The van der Waals surface area contributed by atoms with Crippen molar-refractivity contribution in [2.75, 3.05) is 6.54 Å². The average Bonchev–Trinajstić information content (AvgIpc) is 2.06. The highest BCUT2D eigenvalue weighted by Gasteiger charge is 2.21. The fourth-order valence-corrected chi connectivity index (χ4v) is 1.35. The molecule has 0 atom stereocenters. The monoisotopic (exact) mass is 199 g/mol. The molecule has 0 unspecified atom stereocenters. The topological polar surface area (TPSA) is 26.0 Å². The van der Waals surface area contributed by atoms with Crippen LogP contribution in [-0.4, -0.2) is 12.5 Å². The van der Waals surface area contributed by atoms with E-state index in [-0.39, 0.29) is 6.42 Å². The fourth-order valence-electron chi connectivity index (χ4n) is 1.35. The van der Waals surface area contributed by atoms with E-state index in [1.807, 2.05) is 12.1 Å². The zero-order valence-corrected chi connectivity index (χ0v) is 8.26. The molecule has 1 rings (SSSR count). The zero-order chi connectivity index (χ0) is 10.6. The summed E-state index contributed by atoms with van der Waals surface area (Å²) in [4.78, 5) is 0. The second kappa shape index (κ2) is 4.51. The van der Waals surface area contributed by atoms with Crippen molar-refractivity contribution in [1.29, 1.82) is 0 Å². The van der Waals surface area contributed by atoms with Crippen LogP contribution in [0.15, 0.2) is 24.3 Å². The van der Waals surface area contributed by atoms with Crippen LogP contribution in [0, 0.1) is 0 Å². The number of hydrogen-bond acceptors (Lipinski definition) is 1. The van der Waals surface area contributed by atoms with Gasteiger partial charge in [0.15, 0.2) is 0 Å². The fraction of sp³-hybridized carbons (Fsp3) is 0.455. The van der Waals surface area contributed by atoms with Crippen molar-refractivity contribution in [2.45, 2.75) is 25.7 Å². The molecule has 0 saturated carbocycles. The van der Waals surface area contributed by atoms with Gasteiger partial charge < -0.3 is 5.73 Å². The third kappa shape index (κ3) is 3.83. The summed E-state index contributed by atoms with van der Waals surface area (Å²) in [6.07, 6.45) is 0.596. The molecule has 1 aromatic rings. The largest absolute Gasteiger partial charge is 0.330 e. The van der Waals surface area contributed by atoms with E-state index in [1.54, 1.807) is 12.1 Å². The van der Waals surface area contributed by atoms with Gasteiger partial charge in [0.1, 0.15) is 0 Å². The van der Waals surface area contributed by atoms with Crippen LogP contribution in [0.4, 0.5) is 8.78 Å². The first-order chi connectivity index (χ1) is 6.51. The van der Waals surface area contributed by atoms with Crippen molar-refractivity contribution >= 4 is 0 Å². The maximum absolute atomic E-state index is 12.6. The smallest absolute Gasteiger partial charge is 0.249 e. The van der Waals surface area contributed by atoms with Gasteiger partial charge in [-0.1, -0.05) is 24.3 Å². The van der Waals surface area contributed by atoms with Gasteiger partial charge in [-0.3, -0.25) is 0 Å². The molecule has 0 radical (unpaired) electrons.